The van der Waals surface area contributed by atoms with Crippen LogP contribution in [0.1, 0.15) is 6.42 Å². The predicted molar refractivity (Wildman–Crippen MR) is 71.4 cm³/mol. The number of fused-ring (bicyclic) bond motifs is 1. The summed E-state index contributed by atoms with van der Waals surface area (Å²) in [5, 5.41) is 0. The molecule has 0 aliphatic carbocycles. The highest BCUT2D eigenvalue weighted by Gasteiger charge is 2.19. The Labute approximate surface area is 107 Å². The van der Waals surface area contributed by atoms with Crippen LogP contribution in [0.15, 0.2) is 24.3 Å². The van der Waals surface area contributed by atoms with Gasteiger partial charge in [-0.3, -0.25) is 0 Å². The van der Waals surface area contributed by atoms with Crippen LogP contribution in [0.25, 0.3) is 0 Å². The van der Waals surface area contributed by atoms with E-state index in [1.54, 1.807) is 0 Å². The number of benzene rings is 1. The molecular weight excluding hydrogens is 255 g/mol. The standard InChI is InChI=1S/C12H17FN2O2S/c1-14-7-4-8-15(9-10-18(13,16)17)12-6-3-2-5-11(12)14/h2-3,5-6H,4,7-10H2,1H3. The fourth-order valence-corrected chi connectivity index (χ4v) is 2.68. The molecule has 4 nitrogen and oxygen atoms in total. The van der Waals surface area contributed by atoms with Crippen molar-refractivity contribution in [2.24, 2.45) is 0 Å². The van der Waals surface area contributed by atoms with Gasteiger partial charge in [0.1, 0.15) is 0 Å². The summed E-state index contributed by atoms with van der Waals surface area (Å²) in [4.78, 5) is 4.08. The van der Waals surface area contributed by atoms with Gasteiger partial charge in [0.15, 0.2) is 0 Å². The summed E-state index contributed by atoms with van der Waals surface area (Å²) in [5.74, 6) is -0.453. The first-order valence-electron chi connectivity index (χ1n) is 5.95. The second kappa shape index (κ2) is 5.14. The molecule has 0 saturated heterocycles. The van der Waals surface area contributed by atoms with E-state index in [1.807, 2.05) is 36.2 Å². The van der Waals surface area contributed by atoms with E-state index < -0.39 is 16.0 Å². The minimum Gasteiger partial charge on any atom is -0.373 e. The van der Waals surface area contributed by atoms with E-state index in [0.717, 1.165) is 30.9 Å². The monoisotopic (exact) mass is 272 g/mol. The zero-order chi connectivity index (χ0) is 13.2. The lowest BCUT2D eigenvalue weighted by Gasteiger charge is -2.25. The zero-order valence-corrected chi connectivity index (χ0v) is 11.2. The Morgan fingerprint density at radius 3 is 2.56 bits per heavy atom. The van der Waals surface area contributed by atoms with Gasteiger partial charge >= 0.3 is 10.2 Å². The molecule has 0 saturated carbocycles. The van der Waals surface area contributed by atoms with Crippen LogP contribution in [0, 0.1) is 0 Å². The molecule has 6 heteroatoms. The Kier molecular flexibility index (Phi) is 3.75. The molecule has 0 fully saturated rings. The van der Waals surface area contributed by atoms with E-state index >= 15 is 0 Å². The molecule has 0 spiro atoms. The quantitative estimate of drug-likeness (QED) is 0.784. The molecule has 0 bridgehead atoms. The molecule has 0 N–H and O–H groups in total. The highest BCUT2D eigenvalue weighted by Crippen LogP contribution is 2.30. The Bertz CT molecular complexity index is 519. The number of rotatable bonds is 3. The van der Waals surface area contributed by atoms with E-state index in [2.05, 4.69) is 4.90 Å². The van der Waals surface area contributed by atoms with Crippen molar-refractivity contribution >= 4 is 21.6 Å². The Morgan fingerprint density at radius 2 is 1.89 bits per heavy atom. The first-order valence-corrected chi connectivity index (χ1v) is 7.50. The third kappa shape index (κ3) is 3.13. The van der Waals surface area contributed by atoms with Gasteiger partial charge in [-0.1, -0.05) is 12.1 Å². The van der Waals surface area contributed by atoms with Crippen molar-refractivity contribution in [3.05, 3.63) is 24.3 Å². The van der Waals surface area contributed by atoms with Crippen molar-refractivity contribution < 1.29 is 12.3 Å². The SMILES string of the molecule is CN1CCCN(CCS(=O)(=O)F)c2ccccc21. The number of hydrogen-bond acceptors (Lipinski definition) is 4. The minimum absolute atomic E-state index is 0.198. The normalized spacial score (nSPS) is 16.3. The molecule has 1 heterocycles. The van der Waals surface area contributed by atoms with Gasteiger partial charge in [-0.25, -0.2) is 0 Å². The Morgan fingerprint density at radius 1 is 1.22 bits per heavy atom. The van der Waals surface area contributed by atoms with Crippen molar-refractivity contribution in [3.63, 3.8) is 0 Å². The molecule has 1 aliphatic heterocycles. The molecule has 18 heavy (non-hydrogen) atoms. The zero-order valence-electron chi connectivity index (χ0n) is 10.3. The predicted octanol–water partition coefficient (Wildman–Crippen LogP) is 1.63. The highest BCUT2D eigenvalue weighted by atomic mass is 32.3. The van der Waals surface area contributed by atoms with Crippen LogP contribution < -0.4 is 9.80 Å². The van der Waals surface area contributed by atoms with Crippen molar-refractivity contribution in [2.75, 3.05) is 42.2 Å². The van der Waals surface area contributed by atoms with Crippen LogP contribution in [0.2, 0.25) is 0 Å². The summed E-state index contributed by atoms with van der Waals surface area (Å²) < 4.78 is 33.9. The molecular formula is C12H17FN2O2S. The fourth-order valence-electron chi connectivity index (χ4n) is 2.25. The van der Waals surface area contributed by atoms with Gasteiger partial charge in [0.25, 0.3) is 0 Å². The second-order valence-electron chi connectivity index (χ2n) is 4.49. The summed E-state index contributed by atoms with van der Waals surface area (Å²) in [7, 11) is -2.40. The molecule has 0 amide bonds. The number of hydrogen-bond donors (Lipinski definition) is 0. The lowest BCUT2D eigenvalue weighted by Crippen LogP contribution is -2.29. The molecule has 2 rings (SSSR count). The maximum atomic E-state index is 12.6. The lowest BCUT2D eigenvalue weighted by atomic mass is 10.2. The van der Waals surface area contributed by atoms with E-state index in [4.69, 9.17) is 0 Å². The van der Waals surface area contributed by atoms with Crippen LogP contribution >= 0.6 is 0 Å². The number of para-hydroxylation sites is 2. The molecule has 100 valence electrons. The summed E-state index contributed by atoms with van der Waals surface area (Å²) in [6, 6.07) is 7.80. The first-order chi connectivity index (χ1) is 8.47. The Balaban J connectivity index is 2.23. The molecule has 0 radical (unpaired) electrons. The topological polar surface area (TPSA) is 40.6 Å². The minimum atomic E-state index is -4.41. The smallest absolute Gasteiger partial charge is 0.304 e. The molecule has 1 aliphatic rings. The highest BCUT2D eigenvalue weighted by molar-refractivity contribution is 7.86. The largest absolute Gasteiger partial charge is 0.373 e. The van der Waals surface area contributed by atoms with Crippen LogP contribution in [-0.4, -0.2) is 40.9 Å². The van der Waals surface area contributed by atoms with Crippen molar-refractivity contribution in [3.8, 4) is 0 Å². The van der Waals surface area contributed by atoms with Gasteiger partial charge in [0.2, 0.25) is 0 Å². The number of anilines is 2. The summed E-state index contributed by atoms with van der Waals surface area (Å²) in [5.41, 5.74) is 2.03. The van der Waals surface area contributed by atoms with E-state index in [9.17, 15) is 12.3 Å². The van der Waals surface area contributed by atoms with Crippen LogP contribution in [0.5, 0.6) is 0 Å². The van der Waals surface area contributed by atoms with Gasteiger partial charge in [-0.15, -0.1) is 3.89 Å². The van der Waals surface area contributed by atoms with Crippen LogP contribution in [0.4, 0.5) is 15.3 Å². The average Bonchev–Trinajstić information content (AvgIpc) is 2.46. The summed E-state index contributed by atoms with van der Waals surface area (Å²) in [6.45, 7) is 1.86. The van der Waals surface area contributed by atoms with Crippen LogP contribution in [-0.2, 0) is 10.2 Å². The number of halogens is 1. The van der Waals surface area contributed by atoms with Gasteiger partial charge in [0, 0.05) is 26.7 Å². The molecule has 0 aromatic heterocycles. The van der Waals surface area contributed by atoms with E-state index in [-0.39, 0.29) is 6.54 Å². The van der Waals surface area contributed by atoms with E-state index in [0.29, 0.717) is 0 Å². The maximum Gasteiger partial charge on any atom is 0.304 e. The summed E-state index contributed by atoms with van der Waals surface area (Å²) in [6.07, 6.45) is 0.928. The van der Waals surface area contributed by atoms with Crippen molar-refractivity contribution in [1.82, 2.24) is 0 Å². The fraction of sp³-hybridized carbons (Fsp3) is 0.500. The van der Waals surface area contributed by atoms with Crippen LogP contribution in [0.3, 0.4) is 0 Å². The third-order valence-corrected chi connectivity index (χ3v) is 3.83. The molecule has 0 unspecified atom stereocenters. The van der Waals surface area contributed by atoms with Crippen molar-refractivity contribution in [2.45, 2.75) is 6.42 Å². The molecule has 1 aromatic carbocycles. The van der Waals surface area contributed by atoms with Crippen molar-refractivity contribution in [1.29, 1.82) is 0 Å². The third-order valence-electron chi connectivity index (χ3n) is 3.16. The Hall–Kier alpha value is -1.30. The first kappa shape index (κ1) is 13.1. The summed E-state index contributed by atoms with van der Waals surface area (Å²) >= 11 is 0. The second-order valence-corrected chi connectivity index (χ2v) is 5.98. The maximum absolute atomic E-state index is 12.6. The van der Waals surface area contributed by atoms with E-state index in [1.165, 1.54) is 0 Å². The molecule has 1 aromatic rings. The van der Waals surface area contributed by atoms with Gasteiger partial charge in [-0.05, 0) is 18.6 Å². The van der Waals surface area contributed by atoms with Gasteiger partial charge in [0.05, 0.1) is 17.1 Å². The lowest BCUT2D eigenvalue weighted by molar-refractivity contribution is 0.550. The average molecular weight is 272 g/mol. The molecule has 0 atom stereocenters. The van der Waals surface area contributed by atoms with Gasteiger partial charge < -0.3 is 9.80 Å². The van der Waals surface area contributed by atoms with Gasteiger partial charge in [-0.2, -0.15) is 8.42 Å². The number of nitrogens with zero attached hydrogens (tertiary/aromatic N) is 2.